The van der Waals surface area contributed by atoms with E-state index in [4.69, 9.17) is 4.74 Å². The van der Waals surface area contributed by atoms with E-state index in [9.17, 15) is 4.79 Å². The number of morpholine rings is 1. The van der Waals surface area contributed by atoms with E-state index in [2.05, 4.69) is 46.1 Å². The summed E-state index contributed by atoms with van der Waals surface area (Å²) in [6, 6.07) is 9.50. The second-order valence-electron chi connectivity index (χ2n) is 8.45. The van der Waals surface area contributed by atoms with Gasteiger partial charge in [0, 0.05) is 41.3 Å². The van der Waals surface area contributed by atoms with E-state index < -0.39 is 0 Å². The summed E-state index contributed by atoms with van der Waals surface area (Å²) in [7, 11) is 2.19. The van der Waals surface area contributed by atoms with Gasteiger partial charge in [0.1, 0.15) is 0 Å². The lowest BCUT2D eigenvalue weighted by atomic mass is 9.90. The number of carbonyl (C=O) groups excluding carboxylic acids is 1. The minimum Gasteiger partial charge on any atom is -0.378 e. The van der Waals surface area contributed by atoms with Crippen LogP contribution in [0.1, 0.15) is 48.2 Å². The van der Waals surface area contributed by atoms with Gasteiger partial charge in [-0.3, -0.25) is 9.69 Å². The van der Waals surface area contributed by atoms with Crippen LogP contribution in [-0.2, 0) is 17.7 Å². The molecule has 5 nitrogen and oxygen atoms in total. The van der Waals surface area contributed by atoms with Gasteiger partial charge in [0.15, 0.2) is 0 Å². The number of piperidine rings is 1. The van der Waals surface area contributed by atoms with Crippen molar-refractivity contribution in [2.75, 3.05) is 20.3 Å². The van der Waals surface area contributed by atoms with Crippen LogP contribution >= 0.6 is 0 Å². The van der Waals surface area contributed by atoms with E-state index in [1.165, 1.54) is 30.5 Å². The van der Waals surface area contributed by atoms with E-state index in [1.54, 1.807) is 0 Å². The Balaban J connectivity index is 1.45. The Labute approximate surface area is 160 Å². The fraction of sp³-hybridized carbons (Fsp3) is 0.591. The fourth-order valence-corrected chi connectivity index (χ4v) is 5.33. The van der Waals surface area contributed by atoms with Gasteiger partial charge < -0.3 is 14.6 Å². The third-order valence-corrected chi connectivity index (χ3v) is 6.82. The number of amides is 1. The van der Waals surface area contributed by atoms with Gasteiger partial charge in [-0.2, -0.15) is 0 Å². The summed E-state index contributed by atoms with van der Waals surface area (Å²) in [6.07, 6.45) is 6.58. The van der Waals surface area contributed by atoms with Gasteiger partial charge in [-0.25, -0.2) is 0 Å². The van der Waals surface area contributed by atoms with Gasteiger partial charge in [0.25, 0.3) is 5.91 Å². The molecule has 5 rings (SSSR count). The van der Waals surface area contributed by atoms with Crippen molar-refractivity contribution >= 4 is 16.8 Å². The average Bonchev–Trinajstić information content (AvgIpc) is 2.79. The smallest absolute Gasteiger partial charge is 0.253 e. The van der Waals surface area contributed by atoms with Crippen LogP contribution in [0.5, 0.6) is 0 Å². The lowest BCUT2D eigenvalue weighted by molar-refractivity contribution is -0.0670. The molecular formula is C22H29N3O2. The number of fused-ring (bicyclic) bond motifs is 5. The zero-order valence-corrected chi connectivity index (χ0v) is 16.1. The highest BCUT2D eigenvalue weighted by molar-refractivity contribution is 6.08. The number of rotatable bonds is 2. The number of benzene rings is 1. The molecule has 5 heteroatoms. The standard InChI is InChI=1S/C22H29N3O2/c1-24-16-11-15(12-17(24)14-27-13-16)23-22(26)21-18-7-4-5-8-19(18)25-10-6-2-3-9-20(21)25/h4-5,7-8,15-17H,2-3,6,9-14H2,1H3,(H,23,26). The van der Waals surface area contributed by atoms with Gasteiger partial charge in [-0.15, -0.1) is 0 Å². The number of likely N-dealkylation sites (N-methyl/N-ethyl adjacent to an activating group) is 1. The predicted molar refractivity (Wildman–Crippen MR) is 106 cm³/mol. The van der Waals surface area contributed by atoms with E-state index in [-0.39, 0.29) is 11.9 Å². The number of carbonyl (C=O) groups is 1. The van der Waals surface area contributed by atoms with Gasteiger partial charge in [0.2, 0.25) is 0 Å². The molecule has 3 aliphatic heterocycles. The van der Waals surface area contributed by atoms with Crippen LogP contribution in [0, 0.1) is 0 Å². The van der Waals surface area contributed by atoms with Crippen molar-refractivity contribution < 1.29 is 9.53 Å². The summed E-state index contributed by atoms with van der Waals surface area (Å²) < 4.78 is 8.12. The first-order valence-corrected chi connectivity index (χ1v) is 10.4. The van der Waals surface area contributed by atoms with Crippen molar-refractivity contribution in [2.45, 2.75) is 63.2 Å². The first kappa shape index (κ1) is 17.3. The number of ether oxygens (including phenoxy) is 1. The molecule has 2 unspecified atom stereocenters. The van der Waals surface area contributed by atoms with Crippen LogP contribution in [0.15, 0.2) is 24.3 Å². The van der Waals surface area contributed by atoms with Gasteiger partial charge >= 0.3 is 0 Å². The number of nitrogens with zero attached hydrogens (tertiary/aromatic N) is 2. The number of aryl methyl sites for hydroxylation is 1. The molecule has 2 aromatic rings. The maximum atomic E-state index is 13.4. The monoisotopic (exact) mass is 367 g/mol. The first-order chi connectivity index (χ1) is 13.2. The summed E-state index contributed by atoms with van der Waals surface area (Å²) in [5.74, 6) is 0.121. The molecule has 2 fully saturated rings. The number of para-hydroxylation sites is 1. The molecule has 1 aromatic heterocycles. The third-order valence-electron chi connectivity index (χ3n) is 6.82. The van der Waals surface area contributed by atoms with Crippen molar-refractivity contribution in [1.29, 1.82) is 0 Å². The third kappa shape index (κ3) is 2.97. The molecule has 144 valence electrons. The molecule has 1 aromatic carbocycles. The molecule has 0 spiro atoms. The van der Waals surface area contributed by atoms with Crippen molar-refractivity contribution in [3.05, 3.63) is 35.5 Å². The van der Waals surface area contributed by atoms with E-state index in [0.29, 0.717) is 12.1 Å². The maximum Gasteiger partial charge on any atom is 0.253 e. The Bertz CT molecular complexity index is 845. The fourth-order valence-electron chi connectivity index (χ4n) is 5.33. The van der Waals surface area contributed by atoms with Gasteiger partial charge in [-0.05, 0) is 45.2 Å². The maximum absolute atomic E-state index is 13.4. The van der Waals surface area contributed by atoms with Crippen molar-refractivity contribution in [3.63, 3.8) is 0 Å². The van der Waals surface area contributed by atoms with E-state index >= 15 is 0 Å². The van der Waals surface area contributed by atoms with Crippen LogP contribution in [0.2, 0.25) is 0 Å². The van der Waals surface area contributed by atoms with E-state index in [0.717, 1.165) is 50.0 Å². The molecule has 2 saturated heterocycles. The highest BCUT2D eigenvalue weighted by atomic mass is 16.5. The summed E-state index contributed by atoms with van der Waals surface area (Å²) in [5.41, 5.74) is 3.38. The topological polar surface area (TPSA) is 46.5 Å². The van der Waals surface area contributed by atoms with Gasteiger partial charge in [0.05, 0.1) is 18.8 Å². The highest BCUT2D eigenvalue weighted by Crippen LogP contribution is 2.31. The Morgan fingerprint density at radius 2 is 1.89 bits per heavy atom. The second-order valence-corrected chi connectivity index (χ2v) is 8.45. The number of nitrogens with one attached hydrogen (secondary N) is 1. The normalized spacial score (nSPS) is 28.6. The molecule has 0 saturated carbocycles. The van der Waals surface area contributed by atoms with Crippen LogP contribution < -0.4 is 5.32 Å². The minimum absolute atomic E-state index is 0.121. The zero-order chi connectivity index (χ0) is 18.4. The van der Waals surface area contributed by atoms with Gasteiger partial charge in [-0.1, -0.05) is 24.6 Å². The van der Waals surface area contributed by atoms with Crippen molar-refractivity contribution in [1.82, 2.24) is 14.8 Å². The summed E-state index contributed by atoms with van der Waals surface area (Å²) in [4.78, 5) is 15.8. The predicted octanol–water partition coefficient (Wildman–Crippen LogP) is 2.96. The first-order valence-electron chi connectivity index (χ1n) is 10.4. The van der Waals surface area contributed by atoms with Crippen LogP contribution in [0.3, 0.4) is 0 Å². The Morgan fingerprint density at radius 1 is 1.11 bits per heavy atom. The molecule has 3 aliphatic rings. The number of hydrogen-bond donors (Lipinski definition) is 1. The Hall–Kier alpha value is -1.85. The molecule has 2 atom stereocenters. The molecule has 27 heavy (non-hydrogen) atoms. The zero-order valence-electron chi connectivity index (χ0n) is 16.1. The number of hydrogen-bond acceptors (Lipinski definition) is 3. The summed E-state index contributed by atoms with van der Waals surface area (Å²) >= 11 is 0. The van der Waals surface area contributed by atoms with Crippen molar-refractivity contribution in [3.8, 4) is 0 Å². The average molecular weight is 367 g/mol. The Morgan fingerprint density at radius 3 is 2.70 bits per heavy atom. The van der Waals surface area contributed by atoms with E-state index in [1.807, 2.05) is 0 Å². The molecule has 0 aliphatic carbocycles. The number of aromatic nitrogens is 1. The quantitative estimate of drug-likeness (QED) is 0.888. The molecule has 1 amide bonds. The van der Waals surface area contributed by atoms with Crippen LogP contribution in [0.25, 0.3) is 10.9 Å². The second kappa shape index (κ2) is 6.95. The SMILES string of the molecule is CN1C2COCC1CC(NC(=O)c1c3n(c4ccccc14)CCCCC3)C2. The largest absolute Gasteiger partial charge is 0.378 e. The molecular weight excluding hydrogens is 338 g/mol. The molecule has 0 radical (unpaired) electrons. The lowest BCUT2D eigenvalue weighted by Gasteiger charge is -2.46. The summed E-state index contributed by atoms with van der Waals surface area (Å²) in [5, 5.41) is 4.51. The molecule has 4 heterocycles. The molecule has 2 bridgehead atoms. The summed E-state index contributed by atoms with van der Waals surface area (Å²) in [6.45, 7) is 2.59. The lowest BCUT2D eigenvalue weighted by Crippen LogP contribution is -2.59. The van der Waals surface area contributed by atoms with Crippen LogP contribution in [0.4, 0.5) is 0 Å². The Kier molecular flexibility index (Phi) is 4.44. The molecule has 1 N–H and O–H groups in total. The highest BCUT2D eigenvalue weighted by Gasteiger charge is 2.37. The minimum atomic E-state index is 0.121. The van der Waals surface area contributed by atoms with Crippen LogP contribution in [-0.4, -0.2) is 53.8 Å². The van der Waals surface area contributed by atoms with Crippen molar-refractivity contribution in [2.24, 2.45) is 0 Å².